The fraction of sp³-hybridized carbons (Fsp3) is 0.227. The average molecular weight is 545 g/mol. The van der Waals surface area contributed by atoms with Crippen molar-refractivity contribution in [3.63, 3.8) is 0 Å². The normalized spacial score (nSPS) is 14.6. The van der Waals surface area contributed by atoms with Crippen molar-refractivity contribution in [2.75, 3.05) is 13.1 Å². The third-order valence-corrected chi connectivity index (χ3v) is 5.54. The molecule has 0 saturated carbocycles. The summed E-state index contributed by atoms with van der Waals surface area (Å²) in [6.07, 6.45) is -5.00. The van der Waals surface area contributed by atoms with E-state index in [0.29, 0.717) is 18.6 Å². The number of aromatic nitrogens is 4. The zero-order chi connectivity index (χ0) is 27.0. The van der Waals surface area contributed by atoms with Gasteiger partial charge in [0, 0.05) is 37.1 Å². The highest BCUT2D eigenvalue weighted by Gasteiger charge is 2.37. The van der Waals surface area contributed by atoms with Gasteiger partial charge in [0.1, 0.15) is 11.5 Å². The predicted molar refractivity (Wildman–Crippen MR) is 117 cm³/mol. The van der Waals surface area contributed by atoms with Crippen LogP contribution in [0.1, 0.15) is 27.9 Å². The molecular formula is C22H15ClF6N6O2. The van der Waals surface area contributed by atoms with Crippen LogP contribution < -0.4 is 0 Å². The topological polar surface area (TPSA) is 84.2 Å². The minimum atomic E-state index is -5.02. The van der Waals surface area contributed by atoms with E-state index in [0.717, 1.165) is 23.3 Å². The summed E-state index contributed by atoms with van der Waals surface area (Å²) in [5.41, 5.74) is -3.42. The Labute approximate surface area is 209 Å². The standard InChI is InChI=1S/C22H15ClF6N6O2/c23-18-16(3-1-5-30-18)20(37)35-7-2-6-34(35)17(36)4-8-33-12-31-19(32-33)13-9-14(21(24,25)26)11-15(10-13)22(27,28)29/h1,3-5,8-12H,2,6-7H2/b8-4-. The van der Waals surface area contributed by atoms with Crippen LogP contribution in [0.2, 0.25) is 5.15 Å². The molecule has 8 nitrogen and oxygen atoms in total. The average Bonchev–Trinajstić information content (AvgIpc) is 3.51. The van der Waals surface area contributed by atoms with Gasteiger partial charge in [-0.3, -0.25) is 9.59 Å². The first-order valence-corrected chi connectivity index (χ1v) is 10.9. The number of pyridine rings is 1. The Kier molecular flexibility index (Phi) is 6.95. The van der Waals surface area contributed by atoms with Crippen molar-refractivity contribution < 1.29 is 35.9 Å². The molecule has 2 aromatic heterocycles. The molecule has 1 aliphatic heterocycles. The van der Waals surface area contributed by atoms with Crippen LogP contribution in [0, 0.1) is 0 Å². The largest absolute Gasteiger partial charge is 0.416 e. The maximum atomic E-state index is 13.1. The number of rotatable bonds is 4. The van der Waals surface area contributed by atoms with E-state index in [-0.39, 0.29) is 29.9 Å². The number of hydrazine groups is 1. The van der Waals surface area contributed by atoms with Crippen LogP contribution >= 0.6 is 11.6 Å². The van der Waals surface area contributed by atoms with Gasteiger partial charge in [0.15, 0.2) is 5.82 Å². The lowest BCUT2D eigenvalue weighted by Gasteiger charge is -2.27. The van der Waals surface area contributed by atoms with E-state index in [1.54, 1.807) is 0 Å². The van der Waals surface area contributed by atoms with Gasteiger partial charge >= 0.3 is 12.4 Å². The second-order valence-electron chi connectivity index (χ2n) is 7.74. The summed E-state index contributed by atoms with van der Waals surface area (Å²) in [7, 11) is 0. The predicted octanol–water partition coefficient (Wildman–Crippen LogP) is 4.79. The first-order chi connectivity index (χ1) is 17.3. The zero-order valence-electron chi connectivity index (χ0n) is 18.5. The maximum Gasteiger partial charge on any atom is 0.416 e. The van der Waals surface area contributed by atoms with Crippen LogP contribution in [0.25, 0.3) is 17.6 Å². The minimum Gasteiger partial charge on any atom is -0.268 e. The Balaban J connectivity index is 1.54. The van der Waals surface area contributed by atoms with Crippen molar-refractivity contribution in [2.45, 2.75) is 18.8 Å². The Morgan fingerprint density at radius 3 is 2.22 bits per heavy atom. The van der Waals surface area contributed by atoms with E-state index in [9.17, 15) is 35.9 Å². The number of amides is 2. The van der Waals surface area contributed by atoms with Gasteiger partial charge in [0.05, 0.1) is 16.7 Å². The van der Waals surface area contributed by atoms with E-state index >= 15 is 0 Å². The number of alkyl halides is 6. The van der Waals surface area contributed by atoms with Crippen LogP contribution in [-0.4, -0.2) is 54.7 Å². The highest BCUT2D eigenvalue weighted by molar-refractivity contribution is 6.32. The smallest absolute Gasteiger partial charge is 0.268 e. The molecule has 3 aromatic rings. The second-order valence-corrected chi connectivity index (χ2v) is 8.10. The summed E-state index contributed by atoms with van der Waals surface area (Å²) < 4.78 is 79.7. The Hall–Kier alpha value is -3.94. The number of nitrogens with zero attached hydrogens (tertiary/aromatic N) is 6. The van der Waals surface area contributed by atoms with E-state index in [2.05, 4.69) is 15.1 Å². The van der Waals surface area contributed by atoms with Crippen LogP contribution in [0.4, 0.5) is 26.3 Å². The molecule has 15 heteroatoms. The van der Waals surface area contributed by atoms with Gasteiger partial charge in [0.25, 0.3) is 11.8 Å². The van der Waals surface area contributed by atoms with Gasteiger partial charge in [-0.1, -0.05) is 11.6 Å². The SMILES string of the molecule is O=C(/C=C\n1cnc(-c2cc(C(F)(F)F)cc(C(F)(F)F)c2)n1)N1CCCN1C(=O)c1cccnc1Cl. The lowest BCUT2D eigenvalue weighted by atomic mass is 10.0. The van der Waals surface area contributed by atoms with Gasteiger partial charge in [-0.05, 0) is 36.8 Å². The van der Waals surface area contributed by atoms with E-state index in [4.69, 9.17) is 11.6 Å². The molecular weight excluding hydrogens is 530 g/mol. The van der Waals surface area contributed by atoms with E-state index in [1.165, 1.54) is 28.3 Å². The zero-order valence-corrected chi connectivity index (χ0v) is 19.2. The van der Waals surface area contributed by atoms with Crippen LogP contribution in [-0.2, 0) is 17.1 Å². The molecule has 0 radical (unpaired) electrons. The molecule has 3 heterocycles. The molecule has 0 bridgehead atoms. The third-order valence-electron chi connectivity index (χ3n) is 5.23. The van der Waals surface area contributed by atoms with E-state index in [1.807, 2.05) is 0 Å². The monoisotopic (exact) mass is 544 g/mol. The van der Waals surface area contributed by atoms with Gasteiger partial charge in [-0.25, -0.2) is 24.7 Å². The highest BCUT2D eigenvalue weighted by atomic mass is 35.5. The Bertz CT molecular complexity index is 1340. The molecule has 37 heavy (non-hydrogen) atoms. The Morgan fingerprint density at radius 2 is 1.59 bits per heavy atom. The van der Waals surface area contributed by atoms with Crippen LogP contribution in [0.5, 0.6) is 0 Å². The maximum absolute atomic E-state index is 13.1. The first-order valence-electron chi connectivity index (χ1n) is 10.5. The van der Waals surface area contributed by atoms with Crippen LogP contribution in [0.15, 0.2) is 48.9 Å². The summed E-state index contributed by atoms with van der Waals surface area (Å²) >= 11 is 5.97. The number of hydrogen-bond donors (Lipinski definition) is 0. The van der Waals surface area contributed by atoms with Crippen LogP contribution in [0.3, 0.4) is 0 Å². The molecule has 4 rings (SSSR count). The number of hydrogen-bond acceptors (Lipinski definition) is 5. The number of carbonyl (C=O) groups is 2. The summed E-state index contributed by atoms with van der Waals surface area (Å²) in [5.74, 6) is -1.58. The molecule has 1 fully saturated rings. The lowest BCUT2D eigenvalue weighted by Crippen LogP contribution is -2.44. The second kappa shape index (κ2) is 9.84. The van der Waals surface area contributed by atoms with Crippen molar-refractivity contribution in [1.82, 2.24) is 29.8 Å². The fourth-order valence-electron chi connectivity index (χ4n) is 3.53. The fourth-order valence-corrected chi connectivity index (χ4v) is 3.73. The lowest BCUT2D eigenvalue weighted by molar-refractivity contribution is -0.143. The summed E-state index contributed by atoms with van der Waals surface area (Å²) in [5, 5.41) is 6.19. The van der Waals surface area contributed by atoms with Gasteiger partial charge in [-0.15, -0.1) is 5.10 Å². The quantitative estimate of drug-likeness (QED) is 0.268. The number of halogens is 7. The first kappa shape index (κ1) is 26.1. The minimum absolute atomic E-state index is 0.000836. The molecule has 1 aromatic carbocycles. The van der Waals surface area contributed by atoms with Gasteiger partial charge < -0.3 is 0 Å². The number of carbonyl (C=O) groups excluding carboxylic acids is 2. The molecule has 1 saturated heterocycles. The highest BCUT2D eigenvalue weighted by Crippen LogP contribution is 2.38. The molecule has 194 valence electrons. The van der Waals surface area contributed by atoms with Crippen molar-refractivity contribution in [3.8, 4) is 11.4 Å². The van der Waals surface area contributed by atoms with Crippen molar-refractivity contribution in [1.29, 1.82) is 0 Å². The van der Waals surface area contributed by atoms with Crippen molar-refractivity contribution in [3.05, 3.63) is 70.8 Å². The molecule has 0 aliphatic carbocycles. The van der Waals surface area contributed by atoms with E-state index < -0.39 is 46.7 Å². The molecule has 1 aliphatic rings. The summed E-state index contributed by atoms with van der Waals surface area (Å²) in [6, 6.07) is 3.98. The molecule has 0 atom stereocenters. The summed E-state index contributed by atoms with van der Waals surface area (Å²) in [4.78, 5) is 33.1. The molecule has 0 spiro atoms. The molecule has 0 N–H and O–H groups in total. The summed E-state index contributed by atoms with van der Waals surface area (Å²) in [6.45, 7) is 0.466. The molecule has 2 amide bonds. The van der Waals surface area contributed by atoms with Gasteiger partial charge in [0.2, 0.25) is 0 Å². The number of benzene rings is 1. The van der Waals surface area contributed by atoms with Crippen molar-refractivity contribution in [2.24, 2.45) is 0 Å². The Morgan fingerprint density at radius 1 is 0.946 bits per heavy atom. The van der Waals surface area contributed by atoms with Gasteiger partial charge in [-0.2, -0.15) is 26.3 Å². The van der Waals surface area contributed by atoms with Crippen molar-refractivity contribution >= 4 is 29.6 Å². The third kappa shape index (κ3) is 5.74. The molecule has 0 unspecified atom stereocenters.